The lowest BCUT2D eigenvalue weighted by Gasteiger charge is -2.41. The van der Waals surface area contributed by atoms with Crippen LogP contribution in [0, 0.1) is 11.3 Å². The van der Waals surface area contributed by atoms with E-state index in [9.17, 15) is 14.4 Å². The zero-order chi connectivity index (χ0) is 23.0. The Morgan fingerprint density at radius 1 is 1.03 bits per heavy atom. The number of aliphatic carboxylic acids is 1. The highest BCUT2D eigenvalue weighted by molar-refractivity contribution is 5.88. The first-order valence-electron chi connectivity index (χ1n) is 10.8. The van der Waals surface area contributed by atoms with Gasteiger partial charge in [0.2, 0.25) is 5.91 Å². The summed E-state index contributed by atoms with van der Waals surface area (Å²) in [7, 11) is 0. The van der Waals surface area contributed by atoms with E-state index in [0.717, 1.165) is 22.3 Å². The lowest BCUT2D eigenvalue weighted by molar-refractivity contribution is -0.154. The Morgan fingerprint density at radius 2 is 1.56 bits per heavy atom. The third kappa shape index (κ3) is 4.07. The molecule has 1 atom stereocenters. The molecule has 0 saturated carbocycles. The summed E-state index contributed by atoms with van der Waals surface area (Å²) in [6.07, 6.45) is -0.657. The highest BCUT2D eigenvalue weighted by Crippen LogP contribution is 2.44. The van der Waals surface area contributed by atoms with Crippen LogP contribution in [0.1, 0.15) is 37.8 Å². The van der Waals surface area contributed by atoms with Crippen molar-refractivity contribution < 1.29 is 24.2 Å². The Labute approximate surface area is 187 Å². The molecule has 0 spiro atoms. The van der Waals surface area contributed by atoms with Crippen LogP contribution in [-0.2, 0) is 14.3 Å². The molecule has 1 saturated heterocycles. The van der Waals surface area contributed by atoms with Crippen LogP contribution < -0.4 is 5.32 Å². The molecule has 7 heteroatoms. The zero-order valence-corrected chi connectivity index (χ0v) is 18.5. The van der Waals surface area contributed by atoms with Crippen LogP contribution in [0.25, 0.3) is 11.1 Å². The molecule has 2 amide bonds. The first-order chi connectivity index (χ1) is 15.2. The van der Waals surface area contributed by atoms with Crippen molar-refractivity contribution in [2.24, 2.45) is 11.3 Å². The van der Waals surface area contributed by atoms with Crippen LogP contribution in [0.5, 0.6) is 0 Å². The van der Waals surface area contributed by atoms with Crippen molar-refractivity contribution in [3.05, 3.63) is 59.7 Å². The van der Waals surface area contributed by atoms with Crippen LogP contribution >= 0.6 is 0 Å². The molecule has 4 rings (SSSR count). The van der Waals surface area contributed by atoms with Gasteiger partial charge in [-0.15, -0.1) is 0 Å². The van der Waals surface area contributed by atoms with Crippen molar-refractivity contribution >= 4 is 18.0 Å². The monoisotopic (exact) mass is 436 g/mol. The van der Waals surface area contributed by atoms with Gasteiger partial charge in [-0.2, -0.15) is 0 Å². The Bertz CT molecular complexity index is 1010. The van der Waals surface area contributed by atoms with Crippen molar-refractivity contribution in [2.75, 3.05) is 19.7 Å². The Hall–Kier alpha value is -3.35. The normalized spacial score (nSPS) is 16.5. The SMILES string of the molecule is CC(C)(C)C(NC(=O)OCC1c2ccccc2-c2ccccc21)C(=O)N1CC(C(=O)O)C1. The third-order valence-corrected chi connectivity index (χ3v) is 6.26. The number of ether oxygens (including phenoxy) is 1. The topological polar surface area (TPSA) is 95.9 Å². The van der Waals surface area contributed by atoms with E-state index in [-0.39, 0.29) is 31.5 Å². The summed E-state index contributed by atoms with van der Waals surface area (Å²) in [5.41, 5.74) is 3.96. The summed E-state index contributed by atoms with van der Waals surface area (Å²) < 4.78 is 5.59. The molecule has 7 nitrogen and oxygen atoms in total. The molecule has 0 aromatic heterocycles. The summed E-state index contributed by atoms with van der Waals surface area (Å²) in [5.74, 6) is -1.81. The number of carbonyl (C=O) groups is 3. The number of amides is 2. The number of carbonyl (C=O) groups excluding carboxylic acids is 2. The second-order valence-corrected chi connectivity index (χ2v) is 9.55. The van der Waals surface area contributed by atoms with Gasteiger partial charge < -0.3 is 20.1 Å². The zero-order valence-electron chi connectivity index (χ0n) is 18.5. The minimum absolute atomic E-state index is 0.0661. The molecule has 1 fully saturated rings. The highest BCUT2D eigenvalue weighted by Gasteiger charge is 2.42. The van der Waals surface area contributed by atoms with Crippen LogP contribution in [-0.4, -0.2) is 53.7 Å². The predicted molar refractivity (Wildman–Crippen MR) is 119 cm³/mol. The van der Waals surface area contributed by atoms with Crippen LogP contribution in [0.15, 0.2) is 48.5 Å². The van der Waals surface area contributed by atoms with Gasteiger partial charge in [-0.05, 0) is 27.7 Å². The van der Waals surface area contributed by atoms with Gasteiger partial charge in [0.15, 0.2) is 0 Å². The number of nitrogens with zero attached hydrogens (tertiary/aromatic N) is 1. The van der Waals surface area contributed by atoms with E-state index in [1.807, 2.05) is 57.2 Å². The third-order valence-electron chi connectivity index (χ3n) is 6.26. The van der Waals surface area contributed by atoms with Gasteiger partial charge in [0.05, 0.1) is 5.92 Å². The van der Waals surface area contributed by atoms with Crippen molar-refractivity contribution in [2.45, 2.75) is 32.7 Å². The average Bonchev–Trinajstić information content (AvgIpc) is 3.02. The molecule has 1 heterocycles. The van der Waals surface area contributed by atoms with Crippen molar-refractivity contribution in [3.8, 4) is 11.1 Å². The Morgan fingerprint density at radius 3 is 2.06 bits per heavy atom. The quantitative estimate of drug-likeness (QED) is 0.748. The second-order valence-electron chi connectivity index (χ2n) is 9.55. The van der Waals surface area contributed by atoms with Crippen molar-refractivity contribution in [1.29, 1.82) is 0 Å². The molecule has 0 radical (unpaired) electrons. The van der Waals surface area contributed by atoms with Crippen molar-refractivity contribution in [1.82, 2.24) is 10.2 Å². The molecule has 2 aliphatic rings. The first-order valence-corrected chi connectivity index (χ1v) is 10.8. The number of fused-ring (bicyclic) bond motifs is 3. The number of alkyl carbamates (subject to hydrolysis) is 1. The summed E-state index contributed by atoms with van der Waals surface area (Å²) >= 11 is 0. The van der Waals surface area contributed by atoms with E-state index in [1.165, 1.54) is 4.90 Å². The number of rotatable bonds is 5. The molecule has 168 valence electrons. The maximum atomic E-state index is 12.9. The first kappa shape index (κ1) is 21.9. The standard InChI is InChI=1S/C25H28N2O5/c1-25(2,3)21(22(28)27-12-15(13-27)23(29)30)26-24(31)32-14-20-18-10-6-4-8-16(18)17-9-5-7-11-19(17)20/h4-11,15,20-21H,12-14H2,1-3H3,(H,26,31)(H,29,30). The minimum atomic E-state index is -0.911. The van der Waals surface area contributed by atoms with Crippen LogP contribution in [0.4, 0.5) is 4.79 Å². The lowest BCUT2D eigenvalue weighted by atomic mass is 9.84. The van der Waals surface area contributed by atoms with E-state index in [1.54, 1.807) is 0 Å². The van der Waals surface area contributed by atoms with Gasteiger partial charge in [0.1, 0.15) is 12.6 Å². The van der Waals surface area contributed by atoms with Crippen LogP contribution in [0.2, 0.25) is 0 Å². The fourth-order valence-corrected chi connectivity index (χ4v) is 4.40. The number of carboxylic acids is 1. The molecule has 2 N–H and O–H groups in total. The van der Waals surface area contributed by atoms with E-state index < -0.39 is 29.4 Å². The number of likely N-dealkylation sites (tertiary alicyclic amines) is 1. The van der Waals surface area contributed by atoms with E-state index in [0.29, 0.717) is 0 Å². The number of nitrogens with one attached hydrogen (secondary N) is 1. The van der Waals surface area contributed by atoms with Crippen molar-refractivity contribution in [3.63, 3.8) is 0 Å². The van der Waals surface area contributed by atoms with Gasteiger partial charge >= 0.3 is 12.1 Å². The summed E-state index contributed by atoms with van der Waals surface area (Å²) in [4.78, 5) is 38.1. The number of carboxylic acid groups (broad SMARTS) is 1. The maximum absolute atomic E-state index is 12.9. The summed E-state index contributed by atoms with van der Waals surface area (Å²) in [5, 5.41) is 11.8. The van der Waals surface area contributed by atoms with Gasteiger partial charge in [-0.3, -0.25) is 9.59 Å². The van der Waals surface area contributed by atoms with E-state index in [2.05, 4.69) is 17.4 Å². The van der Waals surface area contributed by atoms with Crippen LogP contribution in [0.3, 0.4) is 0 Å². The molecule has 1 aliphatic carbocycles. The average molecular weight is 437 g/mol. The highest BCUT2D eigenvalue weighted by atomic mass is 16.5. The summed E-state index contributed by atoms with van der Waals surface area (Å²) in [6.45, 7) is 6.05. The molecular weight excluding hydrogens is 408 g/mol. The largest absolute Gasteiger partial charge is 0.481 e. The van der Waals surface area contributed by atoms with E-state index in [4.69, 9.17) is 9.84 Å². The Kier molecular flexibility index (Phi) is 5.67. The number of benzene rings is 2. The molecular formula is C25H28N2O5. The lowest BCUT2D eigenvalue weighted by Crippen LogP contribution is -2.61. The predicted octanol–water partition coefficient (Wildman–Crippen LogP) is 3.48. The van der Waals surface area contributed by atoms with Gasteiger partial charge in [-0.25, -0.2) is 4.79 Å². The smallest absolute Gasteiger partial charge is 0.407 e. The number of hydrogen-bond acceptors (Lipinski definition) is 4. The molecule has 2 aromatic rings. The summed E-state index contributed by atoms with van der Waals surface area (Å²) in [6, 6.07) is 15.4. The molecule has 2 aromatic carbocycles. The minimum Gasteiger partial charge on any atom is -0.481 e. The van der Waals surface area contributed by atoms with Gasteiger partial charge in [0, 0.05) is 19.0 Å². The second kappa shape index (κ2) is 8.30. The molecule has 1 aliphatic heterocycles. The van der Waals surface area contributed by atoms with Gasteiger partial charge in [-0.1, -0.05) is 69.3 Å². The molecule has 0 bridgehead atoms. The van der Waals surface area contributed by atoms with E-state index >= 15 is 0 Å². The fraction of sp³-hybridized carbons (Fsp3) is 0.400. The van der Waals surface area contributed by atoms with Gasteiger partial charge in [0.25, 0.3) is 0 Å². The molecule has 1 unspecified atom stereocenters. The maximum Gasteiger partial charge on any atom is 0.407 e. The fourth-order valence-electron chi connectivity index (χ4n) is 4.40. The molecule has 32 heavy (non-hydrogen) atoms. The number of hydrogen-bond donors (Lipinski definition) is 2. The Balaban J connectivity index is 1.42.